The molecule has 1 fully saturated rings. The van der Waals surface area contributed by atoms with Crippen LogP contribution in [0.2, 0.25) is 0 Å². The van der Waals surface area contributed by atoms with Crippen molar-refractivity contribution in [1.82, 2.24) is 9.36 Å². The molecule has 30 heavy (non-hydrogen) atoms. The Morgan fingerprint density at radius 2 is 1.90 bits per heavy atom. The lowest BCUT2D eigenvalue weighted by atomic mass is 9.83. The van der Waals surface area contributed by atoms with E-state index in [-0.39, 0.29) is 48.4 Å². The molecular weight excluding hydrogens is 418 g/mol. The van der Waals surface area contributed by atoms with Crippen LogP contribution in [0, 0.1) is 11.6 Å². The SMILES string of the molecule is O=C(Nc1c(-c2cc(F)ccc2F)ccnc1C1CCC(F)(F)CC1)c1cnsc1. The van der Waals surface area contributed by atoms with E-state index in [2.05, 4.69) is 14.7 Å². The Balaban J connectivity index is 1.80. The Labute approximate surface area is 174 Å². The molecule has 0 bridgehead atoms. The third-order valence-electron chi connectivity index (χ3n) is 5.24. The van der Waals surface area contributed by atoms with Gasteiger partial charge in [0.25, 0.3) is 5.91 Å². The van der Waals surface area contributed by atoms with E-state index >= 15 is 0 Å². The Morgan fingerprint density at radius 1 is 1.13 bits per heavy atom. The van der Waals surface area contributed by atoms with Crippen LogP contribution in [0.25, 0.3) is 11.1 Å². The molecule has 4 nitrogen and oxygen atoms in total. The third-order valence-corrected chi connectivity index (χ3v) is 5.82. The summed E-state index contributed by atoms with van der Waals surface area (Å²) in [5, 5.41) is 4.28. The zero-order chi connectivity index (χ0) is 21.3. The topological polar surface area (TPSA) is 54.9 Å². The number of nitrogens with one attached hydrogen (secondary N) is 1. The van der Waals surface area contributed by atoms with Gasteiger partial charge in [-0.25, -0.2) is 21.9 Å². The molecule has 1 aliphatic carbocycles. The second kappa shape index (κ2) is 8.14. The largest absolute Gasteiger partial charge is 0.320 e. The summed E-state index contributed by atoms with van der Waals surface area (Å²) >= 11 is 1.10. The van der Waals surface area contributed by atoms with Crippen molar-refractivity contribution in [3.05, 3.63) is 64.9 Å². The fraction of sp³-hybridized carbons (Fsp3) is 0.286. The number of nitrogens with zero attached hydrogens (tertiary/aromatic N) is 2. The molecule has 2 aromatic heterocycles. The zero-order valence-corrected chi connectivity index (χ0v) is 16.5. The van der Waals surface area contributed by atoms with Gasteiger partial charge in [-0.05, 0) is 48.6 Å². The first kappa shape index (κ1) is 20.5. The summed E-state index contributed by atoms with van der Waals surface area (Å²) in [6, 6.07) is 4.51. The second-order valence-electron chi connectivity index (χ2n) is 7.24. The number of rotatable bonds is 4. The van der Waals surface area contributed by atoms with Gasteiger partial charge in [-0.3, -0.25) is 9.78 Å². The fourth-order valence-corrected chi connectivity index (χ4v) is 4.18. The number of benzene rings is 1. The molecule has 1 aliphatic rings. The fourth-order valence-electron chi connectivity index (χ4n) is 3.66. The molecule has 156 valence electrons. The van der Waals surface area contributed by atoms with E-state index < -0.39 is 23.5 Å². The molecule has 1 amide bonds. The van der Waals surface area contributed by atoms with Gasteiger partial charge >= 0.3 is 0 Å². The van der Waals surface area contributed by atoms with E-state index in [1.165, 1.54) is 18.5 Å². The summed E-state index contributed by atoms with van der Waals surface area (Å²) in [5.41, 5.74) is 1.09. The molecule has 1 N–H and O–H groups in total. The maximum absolute atomic E-state index is 14.5. The first-order valence-corrected chi connectivity index (χ1v) is 10.2. The maximum Gasteiger partial charge on any atom is 0.258 e. The van der Waals surface area contributed by atoms with Gasteiger partial charge in [-0.2, -0.15) is 0 Å². The summed E-state index contributed by atoms with van der Waals surface area (Å²) in [6.45, 7) is 0. The van der Waals surface area contributed by atoms with Gasteiger partial charge in [0.1, 0.15) is 11.6 Å². The van der Waals surface area contributed by atoms with Gasteiger partial charge in [0.2, 0.25) is 5.92 Å². The van der Waals surface area contributed by atoms with Gasteiger partial charge in [-0.1, -0.05) is 0 Å². The minimum atomic E-state index is -2.73. The normalized spacial score (nSPS) is 16.4. The number of hydrogen-bond acceptors (Lipinski definition) is 4. The van der Waals surface area contributed by atoms with E-state index in [0.29, 0.717) is 11.3 Å². The smallest absolute Gasteiger partial charge is 0.258 e. The van der Waals surface area contributed by atoms with E-state index in [0.717, 1.165) is 29.7 Å². The average molecular weight is 435 g/mol. The number of hydrogen-bond donors (Lipinski definition) is 1. The van der Waals surface area contributed by atoms with Crippen molar-refractivity contribution < 1.29 is 22.4 Å². The summed E-state index contributed by atoms with van der Waals surface area (Å²) < 4.78 is 59.5. The molecule has 3 aromatic rings. The molecule has 0 saturated heterocycles. The van der Waals surface area contributed by atoms with Crippen LogP contribution in [0.3, 0.4) is 0 Å². The number of aromatic nitrogens is 2. The lowest BCUT2D eigenvalue weighted by Gasteiger charge is -2.29. The number of amides is 1. The number of alkyl halides is 2. The van der Waals surface area contributed by atoms with E-state index in [4.69, 9.17) is 0 Å². The van der Waals surface area contributed by atoms with Crippen molar-refractivity contribution in [2.75, 3.05) is 5.32 Å². The predicted octanol–water partition coefficient (Wildman–Crippen LogP) is 6.03. The Kier molecular flexibility index (Phi) is 5.55. The van der Waals surface area contributed by atoms with Crippen molar-refractivity contribution in [2.45, 2.75) is 37.5 Å². The molecule has 0 radical (unpaired) electrons. The molecular formula is C21H17F4N3OS. The summed E-state index contributed by atoms with van der Waals surface area (Å²) in [7, 11) is 0. The van der Waals surface area contributed by atoms with Crippen LogP contribution in [-0.2, 0) is 0 Å². The van der Waals surface area contributed by atoms with Crippen LogP contribution in [0.4, 0.5) is 23.2 Å². The molecule has 0 unspecified atom stereocenters. The van der Waals surface area contributed by atoms with Gasteiger partial charge in [0, 0.05) is 41.5 Å². The lowest BCUT2D eigenvalue weighted by Crippen LogP contribution is -2.25. The minimum Gasteiger partial charge on any atom is -0.320 e. The van der Waals surface area contributed by atoms with Crippen LogP contribution in [-0.4, -0.2) is 21.2 Å². The maximum atomic E-state index is 14.5. The van der Waals surface area contributed by atoms with Crippen LogP contribution >= 0.6 is 11.5 Å². The van der Waals surface area contributed by atoms with Crippen molar-refractivity contribution >= 4 is 23.1 Å². The Morgan fingerprint density at radius 3 is 2.60 bits per heavy atom. The Bertz CT molecular complexity index is 1060. The number of anilines is 1. The quantitative estimate of drug-likeness (QED) is 0.509. The lowest BCUT2D eigenvalue weighted by molar-refractivity contribution is -0.0384. The molecule has 4 rings (SSSR count). The van der Waals surface area contributed by atoms with Crippen molar-refractivity contribution in [1.29, 1.82) is 0 Å². The second-order valence-corrected chi connectivity index (χ2v) is 7.90. The zero-order valence-electron chi connectivity index (χ0n) is 15.7. The monoisotopic (exact) mass is 435 g/mol. The van der Waals surface area contributed by atoms with Gasteiger partial charge in [0.05, 0.1) is 23.1 Å². The van der Waals surface area contributed by atoms with Crippen LogP contribution in [0.15, 0.2) is 42.0 Å². The summed E-state index contributed by atoms with van der Waals surface area (Å²) in [6.07, 6.45) is 2.58. The van der Waals surface area contributed by atoms with Crippen molar-refractivity contribution in [2.24, 2.45) is 0 Å². The first-order valence-electron chi connectivity index (χ1n) is 9.37. The van der Waals surface area contributed by atoms with Crippen LogP contribution in [0.5, 0.6) is 0 Å². The molecule has 0 spiro atoms. The molecule has 1 saturated carbocycles. The molecule has 2 heterocycles. The number of pyridine rings is 1. The molecule has 0 atom stereocenters. The molecule has 1 aromatic carbocycles. The van der Waals surface area contributed by atoms with Crippen LogP contribution < -0.4 is 5.32 Å². The highest BCUT2D eigenvalue weighted by Crippen LogP contribution is 2.44. The standard InChI is InChI=1S/C21H17F4N3OS/c22-14-1-2-17(23)16(9-14)15-5-8-26-18(12-3-6-21(24,25)7-4-12)19(15)28-20(29)13-10-27-30-11-13/h1-2,5,8-12H,3-4,6-7H2,(H,28,29). The predicted molar refractivity (Wildman–Crippen MR) is 106 cm³/mol. The third kappa shape index (κ3) is 4.21. The van der Waals surface area contributed by atoms with Gasteiger partial charge in [-0.15, -0.1) is 0 Å². The van der Waals surface area contributed by atoms with Crippen molar-refractivity contribution in [3.63, 3.8) is 0 Å². The van der Waals surface area contributed by atoms with E-state index in [9.17, 15) is 22.4 Å². The van der Waals surface area contributed by atoms with E-state index in [1.807, 2.05) is 0 Å². The van der Waals surface area contributed by atoms with Crippen LogP contribution in [0.1, 0.15) is 47.7 Å². The highest BCUT2D eigenvalue weighted by atomic mass is 32.1. The number of halogens is 4. The summed E-state index contributed by atoms with van der Waals surface area (Å²) in [4.78, 5) is 17.0. The highest BCUT2D eigenvalue weighted by Gasteiger charge is 2.37. The first-order chi connectivity index (χ1) is 14.3. The number of carbonyl (C=O) groups excluding carboxylic acids is 1. The highest BCUT2D eigenvalue weighted by molar-refractivity contribution is 7.03. The molecule has 0 aliphatic heterocycles. The summed E-state index contributed by atoms with van der Waals surface area (Å²) in [5.74, 6) is -4.86. The average Bonchev–Trinajstić information content (AvgIpc) is 3.25. The molecule has 9 heteroatoms. The number of carbonyl (C=O) groups is 1. The van der Waals surface area contributed by atoms with Gasteiger partial charge in [0.15, 0.2) is 0 Å². The minimum absolute atomic E-state index is 0.0430. The van der Waals surface area contributed by atoms with Gasteiger partial charge < -0.3 is 5.32 Å². The van der Waals surface area contributed by atoms with E-state index in [1.54, 1.807) is 5.38 Å². The van der Waals surface area contributed by atoms with Crippen molar-refractivity contribution in [3.8, 4) is 11.1 Å². The Hall–Kier alpha value is -2.81.